The molecular formula is C6H5NO2. The molecule has 0 spiro atoms. The maximum Gasteiger partial charge on any atom is 0.283 e. The van der Waals surface area contributed by atoms with Gasteiger partial charge >= 0.3 is 0 Å². The van der Waals surface area contributed by atoms with Crippen molar-refractivity contribution in [1.29, 1.82) is 0 Å². The van der Waals surface area contributed by atoms with Gasteiger partial charge in [0.15, 0.2) is 0 Å². The Morgan fingerprint density at radius 1 is 1.89 bits per heavy atom. The third-order valence-electron chi connectivity index (χ3n) is 0.879. The summed E-state index contributed by atoms with van der Waals surface area (Å²) in [4.78, 5) is 10.6. The van der Waals surface area contributed by atoms with Crippen LogP contribution in [-0.2, 0) is 6.54 Å². The Balaban J connectivity index is 2.98. The van der Waals surface area contributed by atoms with Crippen molar-refractivity contribution in [3.8, 4) is 12.3 Å². The summed E-state index contributed by atoms with van der Waals surface area (Å²) in [6.07, 6.45) is 6.22. The third kappa shape index (κ3) is 1.03. The first-order valence-corrected chi connectivity index (χ1v) is 2.43. The van der Waals surface area contributed by atoms with Crippen molar-refractivity contribution in [2.75, 3.05) is 0 Å². The maximum absolute atomic E-state index is 10.6. The van der Waals surface area contributed by atoms with Gasteiger partial charge in [0.2, 0.25) is 0 Å². The molecule has 0 saturated heterocycles. The van der Waals surface area contributed by atoms with Crippen molar-refractivity contribution >= 4 is 0 Å². The van der Waals surface area contributed by atoms with Crippen LogP contribution in [0.3, 0.4) is 0 Å². The largest absolute Gasteiger partial charge is 0.383 e. The highest BCUT2D eigenvalue weighted by Crippen LogP contribution is 1.78. The molecule has 0 aliphatic heterocycles. The zero-order valence-corrected chi connectivity index (χ0v) is 4.70. The Hall–Kier alpha value is -1.43. The minimum Gasteiger partial charge on any atom is -0.383 e. The molecule has 1 heterocycles. The number of terminal acetylenes is 1. The van der Waals surface area contributed by atoms with Gasteiger partial charge in [-0.15, -0.1) is 6.42 Å². The summed E-state index contributed by atoms with van der Waals surface area (Å²) in [5, 5.41) is 0. The summed E-state index contributed by atoms with van der Waals surface area (Å²) in [7, 11) is 0. The van der Waals surface area contributed by atoms with Crippen molar-refractivity contribution in [2.24, 2.45) is 0 Å². The summed E-state index contributed by atoms with van der Waals surface area (Å²) in [6.45, 7) is 0.200. The second-order valence-electron chi connectivity index (χ2n) is 1.49. The molecule has 0 unspecified atom stereocenters. The van der Waals surface area contributed by atoms with Crippen LogP contribution in [0.4, 0.5) is 0 Å². The summed E-state index contributed by atoms with van der Waals surface area (Å²) in [5.41, 5.74) is -0.201. The minimum absolute atomic E-state index is 0.200. The molecule has 1 aromatic rings. The third-order valence-corrected chi connectivity index (χ3v) is 0.879. The summed E-state index contributed by atoms with van der Waals surface area (Å²) in [6, 6.07) is 1.32. The Morgan fingerprint density at radius 3 is 3.11 bits per heavy atom. The van der Waals surface area contributed by atoms with E-state index in [4.69, 9.17) is 6.42 Å². The van der Waals surface area contributed by atoms with E-state index in [2.05, 4.69) is 10.4 Å². The second kappa shape index (κ2) is 2.23. The van der Waals surface area contributed by atoms with E-state index in [9.17, 15) is 4.79 Å². The van der Waals surface area contributed by atoms with E-state index >= 15 is 0 Å². The highest BCUT2D eigenvalue weighted by atomic mass is 16.5. The van der Waals surface area contributed by atoms with E-state index in [1.807, 2.05) is 0 Å². The van der Waals surface area contributed by atoms with E-state index in [-0.39, 0.29) is 12.1 Å². The Morgan fingerprint density at radius 2 is 2.67 bits per heavy atom. The Labute approximate surface area is 51.9 Å². The second-order valence-corrected chi connectivity index (χ2v) is 1.49. The highest BCUT2D eigenvalue weighted by molar-refractivity contribution is 4.86. The van der Waals surface area contributed by atoms with Crippen LogP contribution < -0.4 is 5.56 Å². The van der Waals surface area contributed by atoms with Gasteiger partial charge in [0.05, 0.1) is 0 Å². The quantitative estimate of drug-likeness (QED) is 0.495. The lowest BCUT2D eigenvalue weighted by molar-refractivity contribution is 0.283. The fraction of sp³-hybridized carbons (Fsp3) is 0.167. The molecule has 0 radical (unpaired) electrons. The number of aromatic nitrogens is 1. The van der Waals surface area contributed by atoms with Crippen molar-refractivity contribution in [3.63, 3.8) is 0 Å². The van der Waals surface area contributed by atoms with Gasteiger partial charge in [-0.3, -0.25) is 4.79 Å². The molecule has 0 aliphatic rings. The molecule has 1 rings (SSSR count). The fourth-order valence-corrected chi connectivity index (χ4v) is 0.495. The van der Waals surface area contributed by atoms with Crippen LogP contribution in [0.15, 0.2) is 21.6 Å². The van der Waals surface area contributed by atoms with E-state index < -0.39 is 0 Å². The molecule has 0 aromatic carbocycles. The van der Waals surface area contributed by atoms with Gasteiger partial charge in [-0.25, -0.2) is 0 Å². The van der Waals surface area contributed by atoms with Gasteiger partial charge in [-0.1, -0.05) is 5.92 Å². The molecule has 1 aromatic heterocycles. The lowest BCUT2D eigenvalue weighted by atomic mass is 10.6. The SMILES string of the molecule is C#CCn1occc1=O. The van der Waals surface area contributed by atoms with Crippen LogP contribution in [0.25, 0.3) is 0 Å². The molecule has 0 N–H and O–H groups in total. The zero-order valence-electron chi connectivity index (χ0n) is 4.70. The molecule has 0 aliphatic carbocycles. The van der Waals surface area contributed by atoms with E-state index in [1.54, 1.807) is 0 Å². The number of nitrogens with zero attached hydrogens (tertiary/aromatic N) is 1. The molecule has 3 nitrogen and oxygen atoms in total. The van der Waals surface area contributed by atoms with Crippen LogP contribution >= 0.6 is 0 Å². The molecule has 3 heteroatoms. The summed E-state index contributed by atoms with van der Waals surface area (Å²) >= 11 is 0. The van der Waals surface area contributed by atoms with Crippen LogP contribution in [0, 0.1) is 12.3 Å². The first kappa shape index (κ1) is 5.70. The molecular weight excluding hydrogens is 118 g/mol. The molecule has 0 fully saturated rings. The van der Waals surface area contributed by atoms with Crippen molar-refractivity contribution in [2.45, 2.75) is 6.54 Å². The topological polar surface area (TPSA) is 35.1 Å². The van der Waals surface area contributed by atoms with Crippen LogP contribution in [-0.4, -0.2) is 4.74 Å². The molecule has 46 valence electrons. The average molecular weight is 123 g/mol. The fourth-order valence-electron chi connectivity index (χ4n) is 0.495. The van der Waals surface area contributed by atoms with E-state index in [1.165, 1.54) is 12.3 Å². The number of rotatable bonds is 1. The van der Waals surface area contributed by atoms with Crippen LogP contribution in [0.1, 0.15) is 0 Å². The molecule has 0 bridgehead atoms. The lowest BCUT2D eigenvalue weighted by Crippen LogP contribution is -2.11. The first-order chi connectivity index (χ1) is 4.34. The van der Waals surface area contributed by atoms with Gasteiger partial charge in [0.25, 0.3) is 5.56 Å². The molecule has 0 saturated carbocycles. The Bertz CT molecular complexity index is 276. The van der Waals surface area contributed by atoms with E-state index in [0.29, 0.717) is 0 Å². The predicted molar refractivity (Wildman–Crippen MR) is 31.8 cm³/mol. The number of hydrogen-bond donors (Lipinski definition) is 0. The van der Waals surface area contributed by atoms with Crippen LogP contribution in [0.5, 0.6) is 0 Å². The van der Waals surface area contributed by atoms with Gasteiger partial charge < -0.3 is 4.52 Å². The van der Waals surface area contributed by atoms with Crippen molar-refractivity contribution in [1.82, 2.24) is 4.74 Å². The van der Waals surface area contributed by atoms with E-state index in [0.717, 1.165) is 4.74 Å². The average Bonchev–Trinajstić information content (AvgIpc) is 2.18. The monoisotopic (exact) mass is 123 g/mol. The van der Waals surface area contributed by atoms with Gasteiger partial charge in [-0.2, -0.15) is 4.74 Å². The standard InChI is InChI=1S/C6H5NO2/c1-2-4-7-6(8)3-5-9-7/h1,3,5H,4H2. The summed E-state index contributed by atoms with van der Waals surface area (Å²) < 4.78 is 5.76. The predicted octanol–water partition coefficient (Wildman–Crippen LogP) is 0.0745. The van der Waals surface area contributed by atoms with Crippen LogP contribution in [0.2, 0.25) is 0 Å². The lowest BCUT2D eigenvalue weighted by Gasteiger charge is -1.86. The Kier molecular flexibility index (Phi) is 1.41. The highest BCUT2D eigenvalue weighted by Gasteiger charge is 1.91. The molecule has 0 atom stereocenters. The number of hydrogen-bond acceptors (Lipinski definition) is 2. The minimum atomic E-state index is -0.201. The van der Waals surface area contributed by atoms with Crippen molar-refractivity contribution in [3.05, 3.63) is 22.7 Å². The van der Waals surface area contributed by atoms with Crippen molar-refractivity contribution < 1.29 is 4.52 Å². The first-order valence-electron chi connectivity index (χ1n) is 2.43. The van der Waals surface area contributed by atoms with Gasteiger partial charge in [0.1, 0.15) is 12.8 Å². The zero-order chi connectivity index (χ0) is 6.69. The smallest absolute Gasteiger partial charge is 0.283 e. The van der Waals surface area contributed by atoms with Gasteiger partial charge in [-0.05, 0) is 0 Å². The normalized spacial score (nSPS) is 8.78. The molecule has 0 amide bonds. The van der Waals surface area contributed by atoms with Gasteiger partial charge in [0, 0.05) is 6.07 Å². The summed E-state index contributed by atoms with van der Waals surface area (Å²) in [5.74, 6) is 2.28. The molecule has 9 heavy (non-hydrogen) atoms. The maximum atomic E-state index is 10.6.